The Morgan fingerprint density at radius 1 is 1.10 bits per heavy atom. The Hall–Kier alpha value is -1.70. The molecule has 0 bridgehead atoms. The van der Waals surface area contributed by atoms with Crippen LogP contribution in [0.3, 0.4) is 0 Å². The number of aryl methyl sites for hydroxylation is 2. The quantitative estimate of drug-likeness (QED) is 0.296. The van der Waals surface area contributed by atoms with Crippen molar-refractivity contribution < 1.29 is 4.79 Å². The van der Waals surface area contributed by atoms with Gasteiger partial charge in [-0.2, -0.15) is 0 Å². The minimum absolute atomic E-state index is 0. The molecule has 164 valence electrons. The van der Waals surface area contributed by atoms with E-state index >= 15 is 0 Å². The fourth-order valence-electron chi connectivity index (χ4n) is 3.58. The van der Waals surface area contributed by atoms with E-state index in [4.69, 9.17) is 16.6 Å². The van der Waals surface area contributed by atoms with Gasteiger partial charge in [0.1, 0.15) is 4.88 Å². The number of thiazole rings is 1. The van der Waals surface area contributed by atoms with E-state index in [1.54, 1.807) is 16.2 Å². The summed E-state index contributed by atoms with van der Waals surface area (Å²) in [5.41, 5.74) is 3.31. The molecule has 4 nitrogen and oxygen atoms in total. The number of halogens is 2. The molecule has 0 saturated heterocycles. The van der Waals surface area contributed by atoms with Crippen LogP contribution in [0.15, 0.2) is 36.4 Å². The predicted octanol–water partition coefficient (Wildman–Crippen LogP) is 6.80. The Labute approximate surface area is 201 Å². The Morgan fingerprint density at radius 2 is 1.84 bits per heavy atom. The first-order chi connectivity index (χ1) is 14.3. The van der Waals surface area contributed by atoms with Gasteiger partial charge in [0.25, 0.3) is 5.91 Å². The fraction of sp³-hybridized carbons (Fsp3) is 0.304. The van der Waals surface area contributed by atoms with Crippen LogP contribution in [-0.2, 0) is 0 Å². The average Bonchev–Trinajstić information content (AvgIpc) is 3.26. The molecule has 2 aromatic heterocycles. The van der Waals surface area contributed by atoms with E-state index in [1.807, 2.05) is 38.4 Å². The lowest BCUT2D eigenvalue weighted by atomic mass is 10.1. The van der Waals surface area contributed by atoms with Crippen LogP contribution in [0.2, 0.25) is 5.02 Å². The van der Waals surface area contributed by atoms with Crippen molar-refractivity contribution in [1.82, 2.24) is 9.88 Å². The number of amides is 1. The van der Waals surface area contributed by atoms with E-state index < -0.39 is 0 Å². The van der Waals surface area contributed by atoms with Gasteiger partial charge in [-0.15, -0.1) is 23.7 Å². The number of anilines is 1. The zero-order valence-electron chi connectivity index (χ0n) is 17.9. The smallest absolute Gasteiger partial charge is 0.271 e. The molecule has 0 fully saturated rings. The van der Waals surface area contributed by atoms with Crippen LogP contribution in [-0.4, -0.2) is 43.0 Å². The Kier molecular flexibility index (Phi) is 7.60. The maximum absolute atomic E-state index is 13.6. The Balaban J connectivity index is 0.00000272. The third-order valence-electron chi connectivity index (χ3n) is 5.00. The van der Waals surface area contributed by atoms with Gasteiger partial charge < -0.3 is 4.90 Å². The van der Waals surface area contributed by atoms with Crippen LogP contribution < -0.4 is 4.90 Å². The molecule has 0 radical (unpaired) electrons. The van der Waals surface area contributed by atoms with E-state index in [9.17, 15) is 4.79 Å². The number of benzene rings is 2. The maximum Gasteiger partial charge on any atom is 0.271 e. The van der Waals surface area contributed by atoms with Gasteiger partial charge in [0.15, 0.2) is 5.13 Å². The van der Waals surface area contributed by atoms with Crippen LogP contribution in [0.1, 0.15) is 27.2 Å². The molecule has 0 saturated carbocycles. The minimum atomic E-state index is -0.0756. The standard InChI is InChI=1S/C23H24ClN3OS2.ClH/c1-14-12-15(2)20-17(13-14)25-23(30-20)27(11-7-10-26(3)4)22(28)21-19(24)16-8-5-6-9-18(16)29-21;/h5-6,8-9,12-13H,7,10-11H2,1-4H3;1H. The van der Waals surface area contributed by atoms with Crippen molar-refractivity contribution in [3.8, 4) is 0 Å². The van der Waals surface area contributed by atoms with Crippen LogP contribution >= 0.6 is 46.7 Å². The first-order valence-corrected chi connectivity index (χ1v) is 11.9. The molecule has 4 rings (SSSR count). The molecule has 2 aromatic carbocycles. The summed E-state index contributed by atoms with van der Waals surface area (Å²) >= 11 is 9.66. The molecule has 0 N–H and O–H groups in total. The van der Waals surface area contributed by atoms with Gasteiger partial charge in [-0.05, 0) is 64.2 Å². The normalized spacial score (nSPS) is 11.3. The van der Waals surface area contributed by atoms with Gasteiger partial charge in [-0.3, -0.25) is 9.69 Å². The van der Waals surface area contributed by atoms with Gasteiger partial charge in [0.2, 0.25) is 0 Å². The van der Waals surface area contributed by atoms with Gasteiger partial charge >= 0.3 is 0 Å². The molecule has 1 amide bonds. The van der Waals surface area contributed by atoms with Gasteiger partial charge in [-0.1, -0.05) is 47.2 Å². The zero-order chi connectivity index (χ0) is 21.4. The molecule has 0 aliphatic heterocycles. The Bertz CT molecular complexity index is 1230. The van der Waals surface area contributed by atoms with Crippen molar-refractivity contribution in [1.29, 1.82) is 0 Å². The van der Waals surface area contributed by atoms with Crippen LogP contribution in [0.25, 0.3) is 20.3 Å². The summed E-state index contributed by atoms with van der Waals surface area (Å²) in [6.07, 6.45) is 0.856. The van der Waals surface area contributed by atoms with E-state index in [0.717, 1.165) is 38.4 Å². The van der Waals surface area contributed by atoms with E-state index in [1.165, 1.54) is 22.5 Å². The predicted molar refractivity (Wildman–Crippen MR) is 138 cm³/mol. The highest BCUT2D eigenvalue weighted by Gasteiger charge is 2.26. The number of hydrogen-bond donors (Lipinski definition) is 0. The number of carbonyl (C=O) groups is 1. The van der Waals surface area contributed by atoms with Crippen LogP contribution in [0, 0.1) is 13.8 Å². The Morgan fingerprint density at radius 3 is 2.55 bits per heavy atom. The second kappa shape index (κ2) is 9.84. The van der Waals surface area contributed by atoms with E-state index in [2.05, 4.69) is 30.9 Å². The molecule has 0 aliphatic rings. The molecule has 4 aromatic rings. The van der Waals surface area contributed by atoms with Crippen LogP contribution in [0.5, 0.6) is 0 Å². The number of nitrogens with zero attached hydrogens (tertiary/aromatic N) is 3. The minimum Gasteiger partial charge on any atom is -0.309 e. The first kappa shape index (κ1) is 24.0. The molecule has 2 heterocycles. The van der Waals surface area contributed by atoms with Crippen molar-refractivity contribution in [2.24, 2.45) is 0 Å². The third-order valence-corrected chi connectivity index (χ3v) is 7.89. The number of fused-ring (bicyclic) bond motifs is 2. The number of rotatable bonds is 6. The maximum atomic E-state index is 13.6. The lowest BCUT2D eigenvalue weighted by Crippen LogP contribution is -2.33. The van der Waals surface area contributed by atoms with Crippen molar-refractivity contribution in [2.75, 3.05) is 32.1 Å². The number of aromatic nitrogens is 1. The highest BCUT2D eigenvalue weighted by atomic mass is 35.5. The summed E-state index contributed by atoms with van der Waals surface area (Å²) in [7, 11) is 4.08. The number of thiophene rings is 1. The van der Waals surface area contributed by atoms with Gasteiger partial charge in [0.05, 0.1) is 15.2 Å². The zero-order valence-corrected chi connectivity index (χ0v) is 21.1. The molecule has 0 unspecified atom stereocenters. The summed E-state index contributed by atoms with van der Waals surface area (Å²) in [6, 6.07) is 12.1. The molecule has 8 heteroatoms. The van der Waals surface area contributed by atoms with Gasteiger partial charge in [0, 0.05) is 16.6 Å². The lowest BCUT2D eigenvalue weighted by molar-refractivity contribution is 0.0990. The van der Waals surface area contributed by atoms with Crippen molar-refractivity contribution in [3.63, 3.8) is 0 Å². The highest BCUT2D eigenvalue weighted by Crippen LogP contribution is 2.38. The molecule has 0 aliphatic carbocycles. The SMILES string of the molecule is Cc1cc(C)c2sc(N(CCCN(C)C)C(=O)c3sc4ccccc4c3Cl)nc2c1.Cl. The van der Waals surface area contributed by atoms with Gasteiger partial charge in [-0.25, -0.2) is 4.98 Å². The number of carbonyl (C=O) groups excluding carboxylic acids is 1. The first-order valence-electron chi connectivity index (χ1n) is 9.86. The van der Waals surface area contributed by atoms with E-state index in [0.29, 0.717) is 16.4 Å². The number of hydrogen-bond acceptors (Lipinski definition) is 5. The summed E-state index contributed by atoms with van der Waals surface area (Å²) in [5.74, 6) is -0.0756. The van der Waals surface area contributed by atoms with Crippen molar-refractivity contribution >= 4 is 78.0 Å². The summed E-state index contributed by atoms with van der Waals surface area (Å²) in [6.45, 7) is 5.66. The van der Waals surface area contributed by atoms with Crippen LogP contribution in [0.4, 0.5) is 5.13 Å². The topological polar surface area (TPSA) is 36.4 Å². The lowest BCUT2D eigenvalue weighted by Gasteiger charge is -2.20. The summed E-state index contributed by atoms with van der Waals surface area (Å²) < 4.78 is 2.15. The molecule has 31 heavy (non-hydrogen) atoms. The average molecular weight is 495 g/mol. The highest BCUT2D eigenvalue weighted by molar-refractivity contribution is 7.23. The monoisotopic (exact) mass is 493 g/mol. The van der Waals surface area contributed by atoms with Crippen molar-refractivity contribution in [2.45, 2.75) is 20.3 Å². The molecule has 0 atom stereocenters. The summed E-state index contributed by atoms with van der Waals surface area (Å²) in [5, 5.41) is 2.19. The van der Waals surface area contributed by atoms with E-state index in [-0.39, 0.29) is 18.3 Å². The summed E-state index contributed by atoms with van der Waals surface area (Å²) in [4.78, 5) is 23.0. The molecular formula is C23H25Cl2N3OS2. The van der Waals surface area contributed by atoms with Crippen molar-refractivity contribution in [3.05, 3.63) is 57.4 Å². The largest absolute Gasteiger partial charge is 0.309 e. The molecule has 0 spiro atoms. The fourth-order valence-corrected chi connectivity index (χ4v) is 6.08. The third kappa shape index (κ3) is 4.89. The second-order valence-corrected chi connectivity index (χ2v) is 10.2. The molecular weight excluding hydrogens is 469 g/mol. The second-order valence-electron chi connectivity index (χ2n) is 7.78.